The summed E-state index contributed by atoms with van der Waals surface area (Å²) in [7, 11) is 0. The highest BCUT2D eigenvalue weighted by Gasteiger charge is 2.09. The van der Waals surface area contributed by atoms with Gasteiger partial charge in [0.05, 0.1) is 11.9 Å². The van der Waals surface area contributed by atoms with Crippen LogP contribution in [-0.2, 0) is 4.79 Å². The summed E-state index contributed by atoms with van der Waals surface area (Å²) in [4.78, 5) is 21.2. The van der Waals surface area contributed by atoms with Crippen molar-refractivity contribution in [3.63, 3.8) is 0 Å². The van der Waals surface area contributed by atoms with E-state index in [0.29, 0.717) is 0 Å². The summed E-state index contributed by atoms with van der Waals surface area (Å²) in [6.45, 7) is 0.843. The van der Waals surface area contributed by atoms with Crippen molar-refractivity contribution in [2.24, 2.45) is 5.90 Å². The Bertz CT molecular complexity index is 527. The molecule has 7 heteroatoms. The van der Waals surface area contributed by atoms with Crippen molar-refractivity contribution in [2.75, 3.05) is 11.4 Å². The molecular weight excluding hydrogens is 308 g/mol. The van der Waals surface area contributed by atoms with Gasteiger partial charge < -0.3 is 15.2 Å². The monoisotopic (exact) mass is 332 g/mol. The number of aromatic nitrogens is 2. The lowest BCUT2D eigenvalue weighted by molar-refractivity contribution is -0.137. The maximum Gasteiger partial charge on any atom is 0.303 e. The second-order valence-electron chi connectivity index (χ2n) is 5.11. The molecule has 0 aliphatic rings. The van der Waals surface area contributed by atoms with E-state index in [2.05, 4.69) is 20.8 Å². The summed E-state index contributed by atoms with van der Waals surface area (Å²) >= 11 is 0. The summed E-state index contributed by atoms with van der Waals surface area (Å²) in [5, 5.41) is 15.1. The van der Waals surface area contributed by atoms with Gasteiger partial charge in [0.2, 0.25) is 0 Å². The second-order valence-corrected chi connectivity index (χ2v) is 5.11. The van der Waals surface area contributed by atoms with Crippen LogP contribution in [0.15, 0.2) is 48.9 Å². The summed E-state index contributed by atoms with van der Waals surface area (Å²) in [6, 6.07) is 9.79. The Hall–Kier alpha value is -2.51. The maximum atomic E-state index is 10.5. The largest absolute Gasteiger partial charge is 0.481 e. The van der Waals surface area contributed by atoms with Crippen LogP contribution in [0.1, 0.15) is 32.1 Å². The van der Waals surface area contributed by atoms with Crippen LogP contribution in [0.4, 0.5) is 11.5 Å². The highest BCUT2D eigenvalue weighted by atomic mass is 16.4. The van der Waals surface area contributed by atoms with Gasteiger partial charge in [-0.15, -0.1) is 0 Å². The number of pyridine rings is 2. The van der Waals surface area contributed by atoms with Gasteiger partial charge in [0.15, 0.2) is 0 Å². The molecular formula is C17H24N4O3. The number of hydrogen-bond donors (Lipinski definition) is 3. The number of carboxylic acids is 1. The lowest BCUT2D eigenvalue weighted by Crippen LogP contribution is -2.19. The normalized spacial score (nSPS) is 9.75. The Labute approximate surface area is 141 Å². The van der Waals surface area contributed by atoms with Gasteiger partial charge in [-0.1, -0.05) is 18.9 Å². The van der Waals surface area contributed by atoms with Crippen LogP contribution in [0.5, 0.6) is 0 Å². The quantitative estimate of drug-likeness (QED) is 0.478. The summed E-state index contributed by atoms with van der Waals surface area (Å²) < 4.78 is 0. The predicted octanol–water partition coefficient (Wildman–Crippen LogP) is 2.98. The standard InChI is InChI=1S/C17H21N3O2.H3NO/c21-17(22)10-3-1-2-6-13-20(15-8-7-11-18-14-15)16-9-4-5-12-19-16;1-2/h4-5,7-9,11-12,14H,1-3,6,10,13H2,(H,21,22);2H,1H2. The van der Waals surface area contributed by atoms with Crippen LogP contribution >= 0.6 is 0 Å². The molecule has 0 saturated heterocycles. The van der Waals surface area contributed by atoms with Gasteiger partial charge in [-0.3, -0.25) is 9.78 Å². The molecule has 24 heavy (non-hydrogen) atoms. The second kappa shape index (κ2) is 12.0. The number of nitrogens with zero attached hydrogens (tertiary/aromatic N) is 3. The van der Waals surface area contributed by atoms with Crippen molar-refractivity contribution in [1.29, 1.82) is 0 Å². The number of nitrogens with two attached hydrogens (primary N) is 1. The molecule has 0 aromatic carbocycles. The molecule has 0 aliphatic heterocycles. The molecule has 2 rings (SSSR count). The molecule has 0 fully saturated rings. The Morgan fingerprint density at radius 2 is 1.83 bits per heavy atom. The van der Waals surface area contributed by atoms with E-state index in [1.54, 1.807) is 12.4 Å². The van der Waals surface area contributed by atoms with E-state index in [4.69, 9.17) is 10.3 Å². The summed E-state index contributed by atoms with van der Waals surface area (Å²) in [5.74, 6) is 3.69. The minimum atomic E-state index is -0.717. The minimum absolute atomic E-state index is 0.257. The van der Waals surface area contributed by atoms with Gasteiger partial charge in [0, 0.05) is 25.4 Å². The third-order valence-electron chi connectivity index (χ3n) is 3.41. The lowest BCUT2D eigenvalue weighted by Gasteiger charge is -2.23. The fourth-order valence-corrected chi connectivity index (χ4v) is 2.30. The van der Waals surface area contributed by atoms with Gasteiger partial charge >= 0.3 is 5.97 Å². The molecule has 0 amide bonds. The van der Waals surface area contributed by atoms with Crippen LogP contribution in [0.2, 0.25) is 0 Å². The highest BCUT2D eigenvalue weighted by Crippen LogP contribution is 2.22. The fourth-order valence-electron chi connectivity index (χ4n) is 2.30. The molecule has 0 atom stereocenters. The Kier molecular flexibility index (Phi) is 9.75. The summed E-state index contributed by atoms with van der Waals surface area (Å²) in [6.07, 6.45) is 9.31. The highest BCUT2D eigenvalue weighted by molar-refractivity contribution is 5.66. The number of unbranched alkanes of at least 4 members (excludes halogenated alkanes) is 3. The van der Waals surface area contributed by atoms with Gasteiger partial charge in [-0.2, -0.15) is 0 Å². The maximum absolute atomic E-state index is 10.5. The predicted molar refractivity (Wildman–Crippen MR) is 92.2 cm³/mol. The van der Waals surface area contributed by atoms with E-state index in [-0.39, 0.29) is 6.42 Å². The zero-order valence-corrected chi connectivity index (χ0v) is 13.6. The van der Waals surface area contributed by atoms with E-state index in [0.717, 1.165) is 43.7 Å². The summed E-state index contributed by atoms with van der Waals surface area (Å²) in [5.41, 5.74) is 1.02. The van der Waals surface area contributed by atoms with Gasteiger partial charge in [0.25, 0.3) is 0 Å². The van der Waals surface area contributed by atoms with E-state index in [9.17, 15) is 4.79 Å². The third kappa shape index (κ3) is 7.17. The molecule has 130 valence electrons. The molecule has 7 nitrogen and oxygen atoms in total. The van der Waals surface area contributed by atoms with Crippen LogP contribution in [0.3, 0.4) is 0 Å². The first-order valence-electron chi connectivity index (χ1n) is 7.83. The zero-order chi connectivity index (χ0) is 17.6. The van der Waals surface area contributed by atoms with Crippen molar-refractivity contribution in [2.45, 2.75) is 32.1 Å². The zero-order valence-electron chi connectivity index (χ0n) is 13.6. The molecule has 0 radical (unpaired) electrons. The number of anilines is 2. The smallest absolute Gasteiger partial charge is 0.303 e. The lowest BCUT2D eigenvalue weighted by atomic mass is 10.1. The van der Waals surface area contributed by atoms with E-state index < -0.39 is 5.97 Å². The SMILES string of the molecule is NO.O=C(O)CCCCCCN(c1cccnc1)c1ccccn1. The minimum Gasteiger partial charge on any atom is -0.481 e. The average Bonchev–Trinajstić information content (AvgIpc) is 2.64. The number of carbonyl (C=O) groups is 1. The first-order chi connectivity index (χ1) is 11.8. The number of rotatable bonds is 9. The van der Waals surface area contributed by atoms with Crippen molar-refractivity contribution >= 4 is 17.5 Å². The third-order valence-corrected chi connectivity index (χ3v) is 3.41. The Morgan fingerprint density at radius 1 is 1.04 bits per heavy atom. The van der Waals surface area contributed by atoms with E-state index in [1.165, 1.54) is 0 Å². The van der Waals surface area contributed by atoms with Gasteiger partial charge in [-0.25, -0.2) is 10.9 Å². The number of carboxylic acid groups (broad SMARTS) is 1. The Balaban J connectivity index is 0.00000139. The first kappa shape index (κ1) is 19.5. The topological polar surface area (TPSA) is 113 Å². The van der Waals surface area contributed by atoms with Crippen LogP contribution in [0.25, 0.3) is 0 Å². The first-order valence-corrected chi connectivity index (χ1v) is 7.83. The van der Waals surface area contributed by atoms with Crippen molar-refractivity contribution < 1.29 is 15.1 Å². The molecule has 2 aromatic rings. The number of aliphatic carboxylic acids is 1. The molecule has 0 spiro atoms. The molecule has 0 aliphatic carbocycles. The fraction of sp³-hybridized carbons (Fsp3) is 0.353. The van der Waals surface area contributed by atoms with Gasteiger partial charge in [-0.05, 0) is 37.1 Å². The molecule has 0 unspecified atom stereocenters. The van der Waals surface area contributed by atoms with Crippen LogP contribution in [-0.4, -0.2) is 32.8 Å². The Morgan fingerprint density at radius 3 is 2.46 bits per heavy atom. The van der Waals surface area contributed by atoms with Crippen LogP contribution in [0, 0.1) is 0 Å². The van der Waals surface area contributed by atoms with Crippen molar-refractivity contribution in [1.82, 2.24) is 9.97 Å². The van der Waals surface area contributed by atoms with E-state index >= 15 is 0 Å². The van der Waals surface area contributed by atoms with Gasteiger partial charge in [0.1, 0.15) is 5.82 Å². The molecule has 2 heterocycles. The molecule has 0 saturated carbocycles. The van der Waals surface area contributed by atoms with E-state index in [1.807, 2.05) is 36.5 Å². The molecule has 2 aromatic heterocycles. The van der Waals surface area contributed by atoms with Crippen molar-refractivity contribution in [3.8, 4) is 0 Å². The molecule has 0 bridgehead atoms. The molecule has 4 N–H and O–H groups in total. The van der Waals surface area contributed by atoms with Crippen molar-refractivity contribution in [3.05, 3.63) is 48.9 Å². The van der Waals surface area contributed by atoms with Crippen LogP contribution < -0.4 is 10.8 Å². The number of hydrogen-bond acceptors (Lipinski definition) is 6. The average molecular weight is 332 g/mol.